The molecule has 0 radical (unpaired) electrons. The third-order valence-corrected chi connectivity index (χ3v) is 4.91. The molecule has 0 heterocycles. The van der Waals surface area contributed by atoms with E-state index in [0.29, 0.717) is 5.75 Å². The summed E-state index contributed by atoms with van der Waals surface area (Å²) in [5.41, 5.74) is 11.7. The van der Waals surface area contributed by atoms with Crippen molar-refractivity contribution in [3.05, 3.63) is 75.8 Å². The van der Waals surface area contributed by atoms with Gasteiger partial charge in [0, 0.05) is 5.56 Å². The molecule has 0 unspecified atom stereocenters. The zero-order valence-electron chi connectivity index (χ0n) is 16.0. The minimum atomic E-state index is 0.340. The van der Waals surface area contributed by atoms with Crippen LogP contribution in [0.25, 0.3) is 22.3 Å². The number of hydrogen-bond acceptors (Lipinski definition) is 1. The summed E-state index contributed by atoms with van der Waals surface area (Å²) >= 11 is 0. The van der Waals surface area contributed by atoms with Gasteiger partial charge in [0.15, 0.2) is 0 Å². The summed E-state index contributed by atoms with van der Waals surface area (Å²) in [6.07, 6.45) is 0. The normalized spacial score (nSPS) is 11.0. The molecule has 0 saturated heterocycles. The van der Waals surface area contributed by atoms with Gasteiger partial charge in [0.1, 0.15) is 5.75 Å². The standard InChI is InChI=1S/C24H26O/c1-14-9-16(3)23(17(4)10-14)20-7-8-21(22(25)13-20)24-18(5)11-15(2)12-19(24)6/h7-13,25H,1-6H3. The number of benzene rings is 3. The average Bonchev–Trinajstić information content (AvgIpc) is 2.47. The van der Waals surface area contributed by atoms with E-state index in [1.807, 2.05) is 12.1 Å². The van der Waals surface area contributed by atoms with Gasteiger partial charge in [-0.15, -0.1) is 0 Å². The van der Waals surface area contributed by atoms with E-state index >= 15 is 0 Å². The van der Waals surface area contributed by atoms with E-state index < -0.39 is 0 Å². The minimum absolute atomic E-state index is 0.340. The van der Waals surface area contributed by atoms with Crippen molar-refractivity contribution in [3.8, 4) is 28.0 Å². The largest absolute Gasteiger partial charge is 0.507 e. The van der Waals surface area contributed by atoms with Gasteiger partial charge in [0.25, 0.3) is 0 Å². The fourth-order valence-electron chi connectivity index (χ4n) is 4.14. The van der Waals surface area contributed by atoms with Crippen molar-refractivity contribution < 1.29 is 5.11 Å². The molecule has 0 aliphatic rings. The lowest BCUT2D eigenvalue weighted by Gasteiger charge is -2.16. The summed E-state index contributed by atoms with van der Waals surface area (Å²) in [4.78, 5) is 0. The maximum Gasteiger partial charge on any atom is 0.124 e. The summed E-state index contributed by atoms with van der Waals surface area (Å²) in [6, 6.07) is 14.8. The summed E-state index contributed by atoms with van der Waals surface area (Å²) in [5, 5.41) is 10.8. The fraction of sp³-hybridized carbons (Fsp3) is 0.250. The Morgan fingerprint density at radius 3 is 1.44 bits per heavy atom. The Morgan fingerprint density at radius 1 is 0.560 bits per heavy atom. The minimum Gasteiger partial charge on any atom is -0.507 e. The molecule has 0 fully saturated rings. The molecule has 0 aliphatic carbocycles. The Balaban J connectivity index is 2.15. The maximum atomic E-state index is 10.8. The van der Waals surface area contributed by atoms with Crippen molar-refractivity contribution >= 4 is 0 Å². The van der Waals surface area contributed by atoms with Crippen LogP contribution in [0.1, 0.15) is 33.4 Å². The zero-order valence-corrected chi connectivity index (χ0v) is 16.0. The van der Waals surface area contributed by atoms with Crippen molar-refractivity contribution in [1.82, 2.24) is 0 Å². The molecule has 1 heteroatoms. The molecule has 0 aromatic heterocycles. The van der Waals surface area contributed by atoms with Gasteiger partial charge in [-0.3, -0.25) is 0 Å². The first-order valence-electron chi connectivity index (χ1n) is 8.77. The van der Waals surface area contributed by atoms with E-state index in [2.05, 4.69) is 71.9 Å². The van der Waals surface area contributed by atoms with E-state index in [1.54, 1.807) is 0 Å². The molecule has 0 atom stereocenters. The molecule has 0 amide bonds. The predicted octanol–water partition coefficient (Wildman–Crippen LogP) is 6.58. The molecule has 3 aromatic rings. The average molecular weight is 330 g/mol. The number of phenolic OH excluding ortho intramolecular Hbond substituents is 1. The second-order valence-electron chi connectivity index (χ2n) is 7.28. The van der Waals surface area contributed by atoms with Crippen LogP contribution in [-0.4, -0.2) is 5.11 Å². The topological polar surface area (TPSA) is 20.2 Å². The smallest absolute Gasteiger partial charge is 0.124 e. The molecule has 0 saturated carbocycles. The van der Waals surface area contributed by atoms with Crippen molar-refractivity contribution in [2.75, 3.05) is 0 Å². The van der Waals surface area contributed by atoms with Gasteiger partial charge >= 0.3 is 0 Å². The SMILES string of the molecule is Cc1cc(C)c(-c2ccc(-c3c(C)cc(C)cc3C)c(O)c2)c(C)c1. The highest BCUT2D eigenvalue weighted by Crippen LogP contribution is 2.38. The quantitative estimate of drug-likeness (QED) is 0.563. The van der Waals surface area contributed by atoms with Crippen LogP contribution >= 0.6 is 0 Å². The first-order chi connectivity index (χ1) is 11.8. The van der Waals surface area contributed by atoms with Crippen LogP contribution in [0.15, 0.2) is 42.5 Å². The summed E-state index contributed by atoms with van der Waals surface area (Å²) in [7, 11) is 0. The highest BCUT2D eigenvalue weighted by Gasteiger charge is 2.14. The molecule has 0 aliphatic heterocycles. The summed E-state index contributed by atoms with van der Waals surface area (Å²) in [6.45, 7) is 12.7. The van der Waals surface area contributed by atoms with Gasteiger partial charge in [-0.25, -0.2) is 0 Å². The molecule has 25 heavy (non-hydrogen) atoms. The Hall–Kier alpha value is -2.54. The van der Waals surface area contributed by atoms with Crippen molar-refractivity contribution in [1.29, 1.82) is 0 Å². The third kappa shape index (κ3) is 3.19. The molecule has 128 valence electrons. The second-order valence-corrected chi connectivity index (χ2v) is 7.28. The number of aromatic hydroxyl groups is 1. The number of phenols is 1. The van der Waals surface area contributed by atoms with E-state index in [1.165, 1.54) is 38.9 Å². The lowest BCUT2D eigenvalue weighted by Crippen LogP contribution is -1.93. The fourth-order valence-corrected chi connectivity index (χ4v) is 4.14. The van der Waals surface area contributed by atoms with Crippen molar-refractivity contribution in [3.63, 3.8) is 0 Å². The Kier molecular flexibility index (Phi) is 4.43. The van der Waals surface area contributed by atoms with Crippen molar-refractivity contribution in [2.24, 2.45) is 0 Å². The van der Waals surface area contributed by atoms with E-state index in [4.69, 9.17) is 0 Å². The molecule has 0 spiro atoms. The lowest BCUT2D eigenvalue weighted by atomic mass is 9.89. The highest BCUT2D eigenvalue weighted by atomic mass is 16.3. The molecule has 0 bridgehead atoms. The molecule has 1 N–H and O–H groups in total. The lowest BCUT2D eigenvalue weighted by molar-refractivity contribution is 0.477. The highest BCUT2D eigenvalue weighted by molar-refractivity contribution is 5.81. The Labute approximate surface area is 151 Å². The Morgan fingerprint density at radius 2 is 1.00 bits per heavy atom. The van der Waals surface area contributed by atoms with Gasteiger partial charge in [0.05, 0.1) is 0 Å². The summed E-state index contributed by atoms with van der Waals surface area (Å²) in [5.74, 6) is 0.340. The van der Waals surface area contributed by atoms with E-state index in [9.17, 15) is 5.11 Å². The number of hydrogen-bond donors (Lipinski definition) is 1. The van der Waals surface area contributed by atoms with Crippen LogP contribution < -0.4 is 0 Å². The number of aryl methyl sites for hydroxylation is 6. The van der Waals surface area contributed by atoms with Gasteiger partial charge in [-0.05, 0) is 86.6 Å². The van der Waals surface area contributed by atoms with Crippen LogP contribution in [0.4, 0.5) is 0 Å². The zero-order chi connectivity index (χ0) is 18.3. The van der Waals surface area contributed by atoms with Crippen LogP contribution in [-0.2, 0) is 0 Å². The van der Waals surface area contributed by atoms with Crippen molar-refractivity contribution in [2.45, 2.75) is 41.5 Å². The predicted molar refractivity (Wildman–Crippen MR) is 107 cm³/mol. The molecule has 3 aromatic carbocycles. The van der Waals surface area contributed by atoms with E-state index in [0.717, 1.165) is 16.7 Å². The van der Waals surface area contributed by atoms with Gasteiger partial charge in [-0.2, -0.15) is 0 Å². The van der Waals surface area contributed by atoms with Crippen LogP contribution in [0.5, 0.6) is 5.75 Å². The van der Waals surface area contributed by atoms with Crippen LogP contribution in [0, 0.1) is 41.5 Å². The first-order valence-corrected chi connectivity index (χ1v) is 8.77. The maximum absolute atomic E-state index is 10.8. The molecular weight excluding hydrogens is 304 g/mol. The number of rotatable bonds is 2. The van der Waals surface area contributed by atoms with Gasteiger partial charge < -0.3 is 5.11 Å². The monoisotopic (exact) mass is 330 g/mol. The van der Waals surface area contributed by atoms with Crippen LogP contribution in [0.3, 0.4) is 0 Å². The van der Waals surface area contributed by atoms with Gasteiger partial charge in [0.2, 0.25) is 0 Å². The summed E-state index contributed by atoms with van der Waals surface area (Å²) < 4.78 is 0. The van der Waals surface area contributed by atoms with Crippen LogP contribution in [0.2, 0.25) is 0 Å². The second kappa shape index (κ2) is 6.40. The molecule has 1 nitrogen and oxygen atoms in total. The third-order valence-electron chi connectivity index (χ3n) is 4.91. The molecule has 3 rings (SSSR count). The molecular formula is C24H26O. The Bertz CT molecular complexity index is 918. The van der Waals surface area contributed by atoms with E-state index in [-0.39, 0.29) is 0 Å². The van der Waals surface area contributed by atoms with Gasteiger partial charge in [-0.1, -0.05) is 47.5 Å². The first kappa shape index (κ1) is 17.3.